The molecule has 6 heteroatoms. The fraction of sp³-hybridized carbons (Fsp3) is 0.571. The van der Waals surface area contributed by atoms with E-state index in [0.717, 1.165) is 12.5 Å². The fourth-order valence-corrected chi connectivity index (χ4v) is 3.95. The van der Waals surface area contributed by atoms with Gasteiger partial charge in [0, 0.05) is 6.04 Å². The van der Waals surface area contributed by atoms with E-state index in [0.29, 0.717) is 5.56 Å². The summed E-state index contributed by atoms with van der Waals surface area (Å²) in [6.45, 7) is 8.89. The summed E-state index contributed by atoms with van der Waals surface area (Å²) in [5, 5.41) is 0. The highest BCUT2D eigenvalue weighted by atomic mass is 32.2. The van der Waals surface area contributed by atoms with Crippen LogP contribution in [0.4, 0.5) is 10.1 Å². The minimum atomic E-state index is -3.71. The lowest BCUT2D eigenvalue weighted by Crippen LogP contribution is -2.37. The molecule has 0 fully saturated rings. The molecule has 0 amide bonds. The molecule has 2 unspecified atom stereocenters. The largest absolute Gasteiger partial charge is 0.396 e. The summed E-state index contributed by atoms with van der Waals surface area (Å²) in [5.74, 6) is -0.378. The zero-order valence-electron chi connectivity index (χ0n) is 12.6. The molecule has 3 N–H and O–H groups in total. The molecule has 1 rings (SSSR count). The fourth-order valence-electron chi connectivity index (χ4n) is 2.12. The first-order valence-corrected chi connectivity index (χ1v) is 8.17. The average molecular weight is 302 g/mol. The Morgan fingerprint density at radius 1 is 1.35 bits per heavy atom. The van der Waals surface area contributed by atoms with Gasteiger partial charge in [-0.25, -0.2) is 17.5 Å². The predicted molar refractivity (Wildman–Crippen MR) is 79.5 cm³/mol. The van der Waals surface area contributed by atoms with Crippen LogP contribution in [-0.4, -0.2) is 14.5 Å². The van der Waals surface area contributed by atoms with Crippen LogP contribution in [0.3, 0.4) is 0 Å². The number of nitrogens with two attached hydrogens (primary N) is 1. The highest BCUT2D eigenvalue weighted by Gasteiger charge is 2.25. The van der Waals surface area contributed by atoms with E-state index in [1.165, 1.54) is 6.92 Å². The number of sulfonamides is 1. The van der Waals surface area contributed by atoms with Crippen LogP contribution in [0.5, 0.6) is 0 Å². The lowest BCUT2D eigenvalue weighted by Gasteiger charge is -2.21. The smallest absolute Gasteiger partial charge is 0.241 e. The summed E-state index contributed by atoms with van der Waals surface area (Å²) >= 11 is 0. The lowest BCUT2D eigenvalue weighted by atomic mass is 10.0. The molecule has 1 aromatic carbocycles. The number of hydrogen-bond acceptors (Lipinski definition) is 3. The van der Waals surface area contributed by atoms with Gasteiger partial charge in [0.25, 0.3) is 0 Å². The van der Waals surface area contributed by atoms with Crippen LogP contribution in [0.25, 0.3) is 0 Å². The maximum absolute atomic E-state index is 13.5. The minimum Gasteiger partial charge on any atom is -0.396 e. The van der Waals surface area contributed by atoms with E-state index < -0.39 is 15.8 Å². The van der Waals surface area contributed by atoms with Crippen molar-refractivity contribution < 1.29 is 12.8 Å². The molecule has 0 aliphatic rings. The number of halogens is 1. The van der Waals surface area contributed by atoms with Gasteiger partial charge in [-0.3, -0.25) is 0 Å². The zero-order chi connectivity index (χ0) is 15.7. The van der Waals surface area contributed by atoms with Crippen molar-refractivity contribution in [3.63, 3.8) is 0 Å². The Kier molecular flexibility index (Phi) is 5.15. The summed E-state index contributed by atoms with van der Waals surface area (Å²) in [4.78, 5) is 0.0755. The van der Waals surface area contributed by atoms with Gasteiger partial charge in [0.15, 0.2) is 0 Å². The number of nitrogen functional groups attached to an aromatic ring is 1. The molecule has 0 bridgehead atoms. The normalized spacial score (nSPS) is 15.1. The van der Waals surface area contributed by atoms with E-state index in [-0.39, 0.29) is 28.1 Å². The molecule has 4 nitrogen and oxygen atoms in total. The van der Waals surface area contributed by atoms with E-state index in [1.54, 1.807) is 6.92 Å². The van der Waals surface area contributed by atoms with Crippen molar-refractivity contribution in [2.45, 2.75) is 52.0 Å². The Labute approximate surface area is 120 Å². The molecule has 0 saturated heterocycles. The van der Waals surface area contributed by atoms with Crippen LogP contribution in [0.15, 0.2) is 11.0 Å². The van der Waals surface area contributed by atoms with E-state index in [9.17, 15) is 12.8 Å². The van der Waals surface area contributed by atoms with E-state index in [2.05, 4.69) is 4.72 Å². The van der Waals surface area contributed by atoms with Crippen LogP contribution >= 0.6 is 0 Å². The highest BCUT2D eigenvalue weighted by Crippen LogP contribution is 2.28. The predicted octanol–water partition coefficient (Wildman–Crippen LogP) is 2.74. The van der Waals surface area contributed by atoms with Gasteiger partial charge >= 0.3 is 0 Å². The Hall–Kier alpha value is -1.14. The lowest BCUT2D eigenvalue weighted by molar-refractivity contribution is 0.433. The molecule has 20 heavy (non-hydrogen) atoms. The van der Waals surface area contributed by atoms with Gasteiger partial charge in [-0.2, -0.15) is 0 Å². The second-order valence-corrected chi connectivity index (χ2v) is 6.99. The van der Waals surface area contributed by atoms with Gasteiger partial charge in [0.2, 0.25) is 10.0 Å². The summed E-state index contributed by atoms with van der Waals surface area (Å²) in [6.07, 6.45) is 0.868. The molecule has 0 aliphatic heterocycles. The molecule has 0 spiro atoms. The standard InChI is InChI=1S/C14H23FN2O2S/c1-6-8(2)11(5)17-20(18,19)14-9(3)7-12(15)13(16)10(14)4/h7-8,11,17H,6,16H2,1-5H3. The van der Waals surface area contributed by atoms with E-state index in [4.69, 9.17) is 5.73 Å². The number of benzene rings is 1. The second kappa shape index (κ2) is 6.10. The van der Waals surface area contributed by atoms with Gasteiger partial charge < -0.3 is 5.73 Å². The van der Waals surface area contributed by atoms with Gasteiger partial charge in [0.1, 0.15) is 5.82 Å². The highest BCUT2D eigenvalue weighted by molar-refractivity contribution is 7.89. The SMILES string of the molecule is CCC(C)C(C)NS(=O)(=O)c1c(C)cc(F)c(N)c1C. The average Bonchev–Trinajstić information content (AvgIpc) is 2.33. The molecule has 0 saturated carbocycles. The molecular formula is C14H23FN2O2S. The quantitative estimate of drug-likeness (QED) is 0.821. The summed E-state index contributed by atoms with van der Waals surface area (Å²) < 4.78 is 41.1. The molecule has 0 radical (unpaired) electrons. The topological polar surface area (TPSA) is 72.2 Å². The first kappa shape index (κ1) is 16.9. The van der Waals surface area contributed by atoms with Gasteiger partial charge in [-0.15, -0.1) is 0 Å². The maximum Gasteiger partial charge on any atom is 0.241 e. The van der Waals surface area contributed by atoms with Gasteiger partial charge in [-0.05, 0) is 43.9 Å². The van der Waals surface area contributed by atoms with Crippen molar-refractivity contribution in [2.24, 2.45) is 5.92 Å². The Morgan fingerprint density at radius 2 is 1.90 bits per heavy atom. The first-order valence-electron chi connectivity index (χ1n) is 6.69. The molecular weight excluding hydrogens is 279 g/mol. The number of nitrogens with one attached hydrogen (secondary N) is 1. The zero-order valence-corrected chi connectivity index (χ0v) is 13.4. The van der Waals surface area contributed by atoms with Crippen LogP contribution in [0.1, 0.15) is 38.3 Å². The molecule has 0 aromatic heterocycles. The van der Waals surface area contributed by atoms with Crippen molar-refractivity contribution in [3.05, 3.63) is 23.0 Å². The van der Waals surface area contributed by atoms with Crippen LogP contribution in [0.2, 0.25) is 0 Å². The van der Waals surface area contributed by atoms with Crippen molar-refractivity contribution in [1.29, 1.82) is 0 Å². The molecule has 114 valence electrons. The van der Waals surface area contributed by atoms with Crippen molar-refractivity contribution in [2.75, 3.05) is 5.73 Å². The molecule has 0 heterocycles. The molecule has 2 atom stereocenters. The number of anilines is 1. The van der Waals surface area contributed by atoms with Crippen molar-refractivity contribution >= 4 is 15.7 Å². The monoisotopic (exact) mass is 302 g/mol. The van der Waals surface area contributed by atoms with Gasteiger partial charge in [-0.1, -0.05) is 20.3 Å². The van der Waals surface area contributed by atoms with Crippen LogP contribution in [-0.2, 0) is 10.0 Å². The summed E-state index contributed by atoms with van der Waals surface area (Å²) in [5.41, 5.74) is 6.09. The van der Waals surface area contributed by atoms with Crippen LogP contribution in [0, 0.1) is 25.6 Å². The minimum absolute atomic E-state index is 0.0755. The number of rotatable bonds is 5. The van der Waals surface area contributed by atoms with E-state index in [1.807, 2.05) is 20.8 Å². The second-order valence-electron chi connectivity index (χ2n) is 5.34. The number of aryl methyl sites for hydroxylation is 1. The molecule has 1 aromatic rings. The van der Waals surface area contributed by atoms with Crippen LogP contribution < -0.4 is 10.5 Å². The Balaban J connectivity index is 3.27. The maximum atomic E-state index is 13.5. The third kappa shape index (κ3) is 3.30. The van der Waals surface area contributed by atoms with E-state index >= 15 is 0 Å². The first-order chi connectivity index (χ1) is 9.11. The molecule has 0 aliphatic carbocycles. The Bertz CT molecular complexity index is 600. The summed E-state index contributed by atoms with van der Waals surface area (Å²) in [7, 11) is -3.71. The third-order valence-electron chi connectivity index (χ3n) is 3.81. The van der Waals surface area contributed by atoms with Gasteiger partial charge in [0.05, 0.1) is 10.6 Å². The Morgan fingerprint density at radius 3 is 2.40 bits per heavy atom. The van der Waals surface area contributed by atoms with Crippen molar-refractivity contribution in [1.82, 2.24) is 4.72 Å². The number of hydrogen-bond donors (Lipinski definition) is 2. The summed E-state index contributed by atoms with van der Waals surface area (Å²) in [6, 6.07) is 0.959. The third-order valence-corrected chi connectivity index (χ3v) is 5.66. The van der Waals surface area contributed by atoms with Crippen molar-refractivity contribution in [3.8, 4) is 0 Å².